The highest BCUT2D eigenvalue weighted by molar-refractivity contribution is 5.79. The van der Waals surface area contributed by atoms with Crippen LogP contribution < -0.4 is 0 Å². The zero-order chi connectivity index (χ0) is 16.4. The normalized spacial score (nSPS) is 19.6. The third-order valence-corrected chi connectivity index (χ3v) is 4.50. The van der Waals surface area contributed by atoms with Crippen LogP contribution in [-0.4, -0.2) is 46.3 Å². The van der Waals surface area contributed by atoms with E-state index in [0.717, 1.165) is 38.5 Å². The van der Waals surface area contributed by atoms with Crippen molar-refractivity contribution >= 4 is 10.9 Å². The number of fused-ring (bicyclic) bond motifs is 1. The van der Waals surface area contributed by atoms with Crippen molar-refractivity contribution in [1.29, 1.82) is 0 Å². The van der Waals surface area contributed by atoms with Crippen molar-refractivity contribution < 1.29 is 9.26 Å². The Morgan fingerprint density at radius 3 is 3.17 bits per heavy atom. The number of hydrogen-bond donors (Lipinski definition) is 1. The van der Waals surface area contributed by atoms with E-state index in [2.05, 4.69) is 44.3 Å². The van der Waals surface area contributed by atoms with Crippen LogP contribution in [0.5, 0.6) is 0 Å². The van der Waals surface area contributed by atoms with Crippen LogP contribution in [0.3, 0.4) is 0 Å². The lowest BCUT2D eigenvalue weighted by Gasteiger charge is -2.22. The van der Waals surface area contributed by atoms with Crippen LogP contribution in [0, 0.1) is 12.8 Å². The lowest BCUT2D eigenvalue weighted by molar-refractivity contribution is 0.121. The molecule has 1 aliphatic heterocycles. The summed E-state index contributed by atoms with van der Waals surface area (Å²) in [6.45, 7) is 5.98. The predicted octanol–water partition coefficient (Wildman–Crippen LogP) is 2.55. The highest BCUT2D eigenvalue weighted by Gasteiger charge is 2.20. The van der Waals surface area contributed by atoms with E-state index in [9.17, 15) is 0 Å². The first-order valence-electron chi connectivity index (χ1n) is 8.41. The first-order valence-corrected chi connectivity index (χ1v) is 8.41. The first-order chi connectivity index (χ1) is 11.8. The summed E-state index contributed by atoms with van der Waals surface area (Å²) in [5, 5.41) is 5.27. The number of aromatic nitrogens is 3. The molecule has 4 rings (SSSR count). The molecule has 1 saturated heterocycles. The molecule has 0 aliphatic carbocycles. The fraction of sp³-hybridized carbons (Fsp3) is 0.444. The van der Waals surface area contributed by atoms with Crippen molar-refractivity contribution in [3.05, 3.63) is 47.7 Å². The van der Waals surface area contributed by atoms with E-state index in [-0.39, 0.29) is 0 Å². The Kier molecular flexibility index (Phi) is 4.32. The van der Waals surface area contributed by atoms with Crippen LogP contribution in [0.4, 0.5) is 0 Å². The van der Waals surface area contributed by atoms with Gasteiger partial charge in [0.05, 0.1) is 19.8 Å². The molecule has 6 heteroatoms. The second kappa shape index (κ2) is 6.75. The molecular formula is C18H22N4O2. The molecule has 0 spiro atoms. The minimum Gasteiger partial charge on any atom is -0.380 e. The van der Waals surface area contributed by atoms with E-state index in [4.69, 9.17) is 9.26 Å². The largest absolute Gasteiger partial charge is 0.380 e. The maximum Gasteiger partial charge on any atom is 0.223 e. The summed E-state index contributed by atoms with van der Waals surface area (Å²) in [6.07, 6.45) is 3.00. The van der Waals surface area contributed by atoms with Gasteiger partial charge in [0.25, 0.3) is 0 Å². The van der Waals surface area contributed by atoms with Gasteiger partial charge in [-0.2, -0.15) is 4.98 Å². The highest BCUT2D eigenvalue weighted by atomic mass is 16.5. The molecule has 0 amide bonds. The molecule has 1 fully saturated rings. The molecule has 1 N–H and O–H groups in total. The summed E-state index contributed by atoms with van der Waals surface area (Å²) in [5.74, 6) is 1.84. The second-order valence-corrected chi connectivity index (χ2v) is 6.51. The number of hydrogen-bond acceptors (Lipinski definition) is 5. The fourth-order valence-electron chi connectivity index (χ4n) is 3.39. The van der Waals surface area contributed by atoms with Gasteiger partial charge in [0.15, 0.2) is 5.82 Å². The van der Waals surface area contributed by atoms with Gasteiger partial charge < -0.3 is 14.2 Å². The van der Waals surface area contributed by atoms with Crippen molar-refractivity contribution in [2.24, 2.45) is 5.92 Å². The maximum absolute atomic E-state index is 5.81. The van der Waals surface area contributed by atoms with Crippen LogP contribution in [-0.2, 0) is 17.7 Å². The van der Waals surface area contributed by atoms with Gasteiger partial charge in [-0.3, -0.25) is 4.90 Å². The van der Waals surface area contributed by atoms with Crippen LogP contribution in [0.2, 0.25) is 0 Å². The molecule has 0 radical (unpaired) electrons. The molecule has 1 aliphatic rings. The van der Waals surface area contributed by atoms with Crippen molar-refractivity contribution in [2.45, 2.75) is 19.9 Å². The zero-order valence-corrected chi connectivity index (χ0v) is 13.9. The minimum absolute atomic E-state index is 0.469. The summed E-state index contributed by atoms with van der Waals surface area (Å²) in [7, 11) is 0. The standard InChI is InChI=1S/C18H22N4O2/c1-13-20-18(21-24-13)11-22-6-7-23-12-15(10-22)8-14-2-3-17-16(9-14)4-5-19-17/h2-5,9,15,19H,6-8,10-12H2,1H3. The van der Waals surface area contributed by atoms with Gasteiger partial charge in [-0.05, 0) is 41.5 Å². The predicted molar refractivity (Wildman–Crippen MR) is 90.6 cm³/mol. The topological polar surface area (TPSA) is 67.2 Å². The summed E-state index contributed by atoms with van der Waals surface area (Å²) < 4.78 is 10.9. The van der Waals surface area contributed by atoms with Gasteiger partial charge in [0.1, 0.15) is 0 Å². The lowest BCUT2D eigenvalue weighted by atomic mass is 9.98. The van der Waals surface area contributed by atoms with Crippen molar-refractivity contribution in [3.63, 3.8) is 0 Å². The number of rotatable bonds is 4. The van der Waals surface area contributed by atoms with E-state index in [1.807, 2.05) is 13.1 Å². The maximum atomic E-state index is 5.81. The molecule has 0 saturated carbocycles. The lowest BCUT2D eigenvalue weighted by Crippen LogP contribution is -2.30. The van der Waals surface area contributed by atoms with Crippen LogP contribution >= 0.6 is 0 Å². The third-order valence-electron chi connectivity index (χ3n) is 4.50. The number of nitrogens with one attached hydrogen (secondary N) is 1. The molecule has 0 bridgehead atoms. The summed E-state index contributed by atoms with van der Waals surface area (Å²) in [4.78, 5) is 9.91. The van der Waals surface area contributed by atoms with Gasteiger partial charge in [0.2, 0.25) is 5.89 Å². The van der Waals surface area contributed by atoms with Gasteiger partial charge >= 0.3 is 0 Å². The Labute approximate surface area is 140 Å². The minimum atomic E-state index is 0.469. The zero-order valence-electron chi connectivity index (χ0n) is 13.9. The molecule has 126 valence electrons. The average molecular weight is 326 g/mol. The highest BCUT2D eigenvalue weighted by Crippen LogP contribution is 2.19. The molecule has 1 atom stereocenters. The van der Waals surface area contributed by atoms with E-state index in [1.165, 1.54) is 16.5 Å². The number of aryl methyl sites for hydroxylation is 1. The van der Waals surface area contributed by atoms with Crippen molar-refractivity contribution in [3.8, 4) is 0 Å². The molecule has 6 nitrogen and oxygen atoms in total. The average Bonchev–Trinajstić information content (AvgIpc) is 3.13. The Morgan fingerprint density at radius 1 is 1.33 bits per heavy atom. The van der Waals surface area contributed by atoms with E-state index >= 15 is 0 Å². The molecule has 1 unspecified atom stereocenters. The summed E-state index contributed by atoms with van der Waals surface area (Å²) in [5.41, 5.74) is 2.54. The smallest absolute Gasteiger partial charge is 0.223 e. The Bertz CT molecular complexity index is 810. The molecule has 1 aromatic carbocycles. The quantitative estimate of drug-likeness (QED) is 0.798. The van der Waals surface area contributed by atoms with Crippen LogP contribution in [0.25, 0.3) is 10.9 Å². The number of aromatic amines is 1. The molecular weight excluding hydrogens is 304 g/mol. The number of benzene rings is 1. The van der Waals surface area contributed by atoms with Gasteiger partial charge in [0, 0.05) is 31.7 Å². The van der Waals surface area contributed by atoms with Gasteiger partial charge in [-0.1, -0.05) is 11.2 Å². The Balaban J connectivity index is 1.43. The SMILES string of the molecule is Cc1nc(CN2CCOCC(Cc3ccc4[nH]ccc4c3)C2)no1. The number of H-pyrrole nitrogens is 1. The first kappa shape index (κ1) is 15.4. The molecule has 2 aromatic heterocycles. The molecule has 3 aromatic rings. The van der Waals surface area contributed by atoms with Crippen LogP contribution in [0.1, 0.15) is 17.3 Å². The second-order valence-electron chi connectivity index (χ2n) is 6.51. The summed E-state index contributed by atoms with van der Waals surface area (Å²) >= 11 is 0. The van der Waals surface area contributed by atoms with Crippen molar-refractivity contribution in [1.82, 2.24) is 20.0 Å². The molecule has 24 heavy (non-hydrogen) atoms. The Hall–Kier alpha value is -2.18. The number of nitrogens with zero attached hydrogens (tertiary/aromatic N) is 3. The third kappa shape index (κ3) is 3.49. The van der Waals surface area contributed by atoms with E-state index < -0.39 is 0 Å². The molecule has 3 heterocycles. The summed E-state index contributed by atoms with van der Waals surface area (Å²) in [6, 6.07) is 8.75. The van der Waals surface area contributed by atoms with E-state index in [0.29, 0.717) is 18.4 Å². The van der Waals surface area contributed by atoms with Gasteiger partial charge in [-0.15, -0.1) is 0 Å². The monoisotopic (exact) mass is 326 g/mol. The fourth-order valence-corrected chi connectivity index (χ4v) is 3.39. The van der Waals surface area contributed by atoms with Gasteiger partial charge in [-0.25, -0.2) is 0 Å². The van der Waals surface area contributed by atoms with Crippen LogP contribution in [0.15, 0.2) is 35.0 Å². The van der Waals surface area contributed by atoms with E-state index in [1.54, 1.807) is 0 Å². The Morgan fingerprint density at radius 2 is 2.29 bits per heavy atom. The van der Waals surface area contributed by atoms with Crippen molar-refractivity contribution in [2.75, 3.05) is 26.3 Å². The number of ether oxygens (including phenoxy) is 1.